The summed E-state index contributed by atoms with van der Waals surface area (Å²) in [5.74, 6) is 0.645. The molecule has 2 aromatic rings. The molecular weight excluding hydrogens is 398 g/mol. The number of pyridine rings is 1. The number of anilines is 1. The van der Waals surface area contributed by atoms with Crippen molar-refractivity contribution in [2.24, 2.45) is 5.92 Å². The topological polar surface area (TPSA) is 92.1 Å². The van der Waals surface area contributed by atoms with E-state index in [9.17, 15) is 14.9 Å². The number of amides is 1. The number of rotatable bonds is 7. The van der Waals surface area contributed by atoms with Crippen molar-refractivity contribution in [3.05, 3.63) is 52.7 Å². The number of carbonyl (C=O) groups excluding carboxylic acids is 2. The van der Waals surface area contributed by atoms with E-state index in [1.54, 1.807) is 31.2 Å². The number of hydrogen-bond acceptors (Lipinski definition) is 6. The number of nitrogens with one attached hydrogen (secondary N) is 1. The molecule has 0 saturated heterocycles. The zero-order chi connectivity index (χ0) is 21.5. The molecule has 0 spiro atoms. The Morgan fingerprint density at radius 2 is 2.10 bits per heavy atom. The predicted octanol–water partition coefficient (Wildman–Crippen LogP) is 4.38. The summed E-state index contributed by atoms with van der Waals surface area (Å²) < 4.78 is 4.94. The summed E-state index contributed by atoms with van der Waals surface area (Å²) in [5, 5.41) is 13.0. The van der Waals surface area contributed by atoms with E-state index in [4.69, 9.17) is 9.72 Å². The average molecular weight is 424 g/mol. The van der Waals surface area contributed by atoms with Crippen LogP contribution < -0.4 is 5.32 Å². The van der Waals surface area contributed by atoms with Crippen molar-refractivity contribution in [2.75, 3.05) is 17.7 Å². The lowest BCUT2D eigenvalue weighted by Gasteiger charge is -2.21. The summed E-state index contributed by atoms with van der Waals surface area (Å²) in [5.41, 5.74) is 3.92. The zero-order valence-corrected chi connectivity index (χ0v) is 18.1. The number of nitrogens with zero attached hydrogens (tertiary/aromatic N) is 2. The number of ether oxygens (including phenoxy) is 1. The van der Waals surface area contributed by atoms with Gasteiger partial charge in [0, 0.05) is 23.6 Å². The van der Waals surface area contributed by atoms with Crippen molar-refractivity contribution in [3.8, 4) is 6.07 Å². The van der Waals surface area contributed by atoms with E-state index in [2.05, 4.69) is 18.3 Å². The molecule has 30 heavy (non-hydrogen) atoms. The first kappa shape index (κ1) is 21.8. The Balaban J connectivity index is 1.53. The lowest BCUT2D eigenvalue weighted by atomic mass is 9.87. The van der Waals surface area contributed by atoms with Crippen molar-refractivity contribution in [3.63, 3.8) is 0 Å². The van der Waals surface area contributed by atoms with Gasteiger partial charge in [0.25, 0.3) is 0 Å². The van der Waals surface area contributed by atoms with Gasteiger partial charge in [0.2, 0.25) is 5.91 Å². The van der Waals surface area contributed by atoms with Gasteiger partial charge in [0.15, 0.2) is 0 Å². The molecule has 1 aromatic heterocycles. The number of fused-ring (bicyclic) bond motifs is 1. The van der Waals surface area contributed by atoms with Crippen molar-refractivity contribution < 1.29 is 14.3 Å². The second-order valence-electron chi connectivity index (χ2n) is 7.35. The largest absolute Gasteiger partial charge is 0.462 e. The maximum atomic E-state index is 12.2. The molecule has 1 N–H and O–H groups in total. The van der Waals surface area contributed by atoms with E-state index in [1.807, 2.05) is 6.07 Å². The maximum absolute atomic E-state index is 12.2. The number of esters is 1. The first-order valence-electron chi connectivity index (χ1n) is 10.1. The molecule has 0 radical (unpaired) electrons. The Bertz CT molecular complexity index is 967. The van der Waals surface area contributed by atoms with E-state index in [0.29, 0.717) is 46.5 Å². The minimum atomic E-state index is -0.382. The molecule has 3 rings (SSSR count). The molecule has 7 heteroatoms. The summed E-state index contributed by atoms with van der Waals surface area (Å²) in [4.78, 5) is 28.6. The number of thioether (sulfide) groups is 1. The van der Waals surface area contributed by atoms with E-state index in [1.165, 1.54) is 17.3 Å². The van der Waals surface area contributed by atoms with Crippen LogP contribution in [0, 0.1) is 17.2 Å². The van der Waals surface area contributed by atoms with Crippen LogP contribution in [0.15, 0.2) is 35.4 Å². The van der Waals surface area contributed by atoms with Gasteiger partial charge in [-0.15, -0.1) is 11.8 Å². The highest BCUT2D eigenvalue weighted by atomic mass is 32.2. The van der Waals surface area contributed by atoms with Crippen molar-refractivity contribution in [1.82, 2.24) is 4.98 Å². The summed E-state index contributed by atoms with van der Waals surface area (Å²) >= 11 is 1.44. The van der Waals surface area contributed by atoms with Gasteiger partial charge in [-0.2, -0.15) is 5.26 Å². The standard InChI is InChI=1S/C23H25N3O3S/c1-3-29-23(28)16-5-7-19(8-6-16)25-21(27)10-11-30-22-18(14-24)13-17-12-15(2)4-9-20(17)26-22/h5-8,13,15H,3-4,9-12H2,1-2H3,(H,25,27). The number of carbonyl (C=O) groups is 2. The molecule has 1 aromatic carbocycles. The molecule has 156 valence electrons. The maximum Gasteiger partial charge on any atom is 0.338 e. The van der Waals surface area contributed by atoms with Crippen LogP contribution in [0.2, 0.25) is 0 Å². The van der Waals surface area contributed by atoms with Crippen LogP contribution >= 0.6 is 11.8 Å². The molecule has 0 aliphatic heterocycles. The van der Waals surface area contributed by atoms with Crippen molar-refractivity contribution >= 4 is 29.3 Å². The van der Waals surface area contributed by atoms with E-state index < -0.39 is 0 Å². The first-order chi connectivity index (χ1) is 14.5. The van der Waals surface area contributed by atoms with E-state index in [-0.39, 0.29) is 11.9 Å². The number of aromatic nitrogens is 1. The van der Waals surface area contributed by atoms with Crippen molar-refractivity contribution in [2.45, 2.75) is 44.6 Å². The van der Waals surface area contributed by atoms with Gasteiger partial charge in [0.05, 0.1) is 17.7 Å². The number of nitriles is 1. The summed E-state index contributed by atoms with van der Waals surface area (Å²) in [6.07, 6.45) is 3.33. The monoisotopic (exact) mass is 423 g/mol. The fraction of sp³-hybridized carbons (Fsp3) is 0.391. The molecule has 1 aliphatic carbocycles. The third kappa shape index (κ3) is 5.61. The van der Waals surface area contributed by atoms with Gasteiger partial charge in [0.1, 0.15) is 11.1 Å². The second kappa shape index (κ2) is 10.3. The number of aryl methyl sites for hydroxylation is 1. The van der Waals surface area contributed by atoms with Gasteiger partial charge in [-0.3, -0.25) is 4.79 Å². The van der Waals surface area contributed by atoms with Gasteiger partial charge in [-0.1, -0.05) is 6.92 Å². The number of benzene rings is 1. The molecule has 1 atom stereocenters. The molecule has 0 saturated carbocycles. The Kier molecular flexibility index (Phi) is 7.47. The summed E-state index contributed by atoms with van der Waals surface area (Å²) in [7, 11) is 0. The SMILES string of the molecule is CCOC(=O)c1ccc(NC(=O)CCSc2nc3c(cc2C#N)CC(C)CC3)cc1. The smallest absolute Gasteiger partial charge is 0.338 e. The molecule has 1 unspecified atom stereocenters. The van der Waals surface area contributed by atoms with Crippen LogP contribution in [0.1, 0.15) is 53.9 Å². The van der Waals surface area contributed by atoms with Crippen LogP contribution in [0.4, 0.5) is 5.69 Å². The Labute approximate surface area is 181 Å². The zero-order valence-electron chi connectivity index (χ0n) is 17.2. The fourth-order valence-electron chi connectivity index (χ4n) is 3.39. The van der Waals surface area contributed by atoms with Crippen LogP contribution in [-0.2, 0) is 22.4 Å². The molecular formula is C23H25N3O3S. The molecule has 6 nitrogen and oxygen atoms in total. The predicted molar refractivity (Wildman–Crippen MR) is 117 cm³/mol. The van der Waals surface area contributed by atoms with Crippen molar-refractivity contribution in [1.29, 1.82) is 5.26 Å². The van der Waals surface area contributed by atoms with Gasteiger partial charge in [-0.05, 0) is 68.0 Å². The highest BCUT2D eigenvalue weighted by molar-refractivity contribution is 7.99. The molecule has 0 bridgehead atoms. The van der Waals surface area contributed by atoms with E-state index in [0.717, 1.165) is 25.0 Å². The molecule has 1 amide bonds. The molecule has 1 heterocycles. The highest BCUT2D eigenvalue weighted by Gasteiger charge is 2.19. The van der Waals surface area contributed by atoms with Gasteiger partial charge in [-0.25, -0.2) is 9.78 Å². The molecule has 0 fully saturated rings. The minimum Gasteiger partial charge on any atom is -0.462 e. The highest BCUT2D eigenvalue weighted by Crippen LogP contribution is 2.29. The summed E-state index contributed by atoms with van der Waals surface area (Å²) in [6.45, 7) is 4.30. The Morgan fingerprint density at radius 1 is 1.33 bits per heavy atom. The Hall–Kier alpha value is -2.85. The van der Waals surface area contributed by atoms with Crippen LogP contribution in [0.25, 0.3) is 0 Å². The quantitative estimate of drug-likeness (QED) is 0.525. The van der Waals surface area contributed by atoms with Gasteiger partial charge < -0.3 is 10.1 Å². The lowest BCUT2D eigenvalue weighted by molar-refractivity contribution is -0.115. The van der Waals surface area contributed by atoms with Gasteiger partial charge >= 0.3 is 5.97 Å². The first-order valence-corrected chi connectivity index (χ1v) is 11.1. The fourth-order valence-corrected chi connectivity index (χ4v) is 4.30. The third-order valence-electron chi connectivity index (χ3n) is 4.97. The normalized spacial score (nSPS) is 15.0. The van der Waals surface area contributed by atoms with Crippen LogP contribution in [0.5, 0.6) is 0 Å². The van der Waals surface area contributed by atoms with Crippen LogP contribution in [-0.4, -0.2) is 29.2 Å². The van der Waals surface area contributed by atoms with E-state index >= 15 is 0 Å². The van der Waals surface area contributed by atoms with Crippen LogP contribution in [0.3, 0.4) is 0 Å². The third-order valence-corrected chi connectivity index (χ3v) is 5.96. The second-order valence-corrected chi connectivity index (χ2v) is 8.43. The number of hydrogen-bond donors (Lipinski definition) is 1. The molecule has 1 aliphatic rings. The minimum absolute atomic E-state index is 0.128. The summed E-state index contributed by atoms with van der Waals surface area (Å²) in [6, 6.07) is 10.8. The Morgan fingerprint density at radius 3 is 2.80 bits per heavy atom. The average Bonchev–Trinajstić information content (AvgIpc) is 2.74. The lowest BCUT2D eigenvalue weighted by Crippen LogP contribution is -2.14.